The Kier molecular flexibility index (Phi) is 10.0. The van der Waals surface area contributed by atoms with Crippen LogP contribution in [0.2, 0.25) is 0 Å². The summed E-state index contributed by atoms with van der Waals surface area (Å²) in [6, 6.07) is 25.0. The van der Waals surface area contributed by atoms with Gasteiger partial charge in [-0.05, 0) is 23.6 Å². The smallest absolute Gasteiger partial charge is 0.408 e. The van der Waals surface area contributed by atoms with E-state index in [0.717, 1.165) is 16.7 Å². The molecule has 3 rings (SSSR count). The van der Waals surface area contributed by atoms with E-state index in [1.165, 1.54) is 6.92 Å². The van der Waals surface area contributed by atoms with Gasteiger partial charge in [-0.2, -0.15) is 0 Å². The third kappa shape index (κ3) is 8.56. The molecule has 0 saturated heterocycles. The number of ether oxygens (including phenoxy) is 2. The van der Waals surface area contributed by atoms with Crippen molar-refractivity contribution in [3.63, 3.8) is 0 Å². The highest BCUT2D eigenvalue weighted by molar-refractivity contribution is 5.90. The van der Waals surface area contributed by atoms with Crippen LogP contribution >= 0.6 is 0 Å². The second-order valence-electron chi connectivity index (χ2n) is 8.27. The molecular weight excluding hydrogens is 460 g/mol. The van der Waals surface area contributed by atoms with Gasteiger partial charge in [-0.15, -0.1) is 0 Å². The summed E-state index contributed by atoms with van der Waals surface area (Å²) in [5.74, 6) is -1.37. The number of alkyl carbamates (subject to hydrolysis) is 1. The predicted octanol–water partition coefficient (Wildman–Crippen LogP) is 3.13. The van der Waals surface area contributed by atoms with Crippen molar-refractivity contribution < 1.29 is 29.0 Å². The van der Waals surface area contributed by atoms with E-state index in [1.807, 2.05) is 78.9 Å². The molecule has 36 heavy (non-hydrogen) atoms. The van der Waals surface area contributed by atoms with Crippen molar-refractivity contribution in [1.29, 1.82) is 0 Å². The average molecular weight is 491 g/mol. The molecule has 0 aliphatic carbocycles. The Balaban J connectivity index is 1.64. The molecule has 8 nitrogen and oxygen atoms in total. The zero-order chi connectivity index (χ0) is 25.8. The molecule has 2 amide bonds. The summed E-state index contributed by atoms with van der Waals surface area (Å²) in [6.45, 7) is 1.41. The Hall–Kier alpha value is -4.17. The molecule has 8 heteroatoms. The Labute approximate surface area is 210 Å². The SMILES string of the molecule is C[C@H](O)[C@@H](NC(=O)OCc1ccccc1)C(=O)N[C@H](Cc1ccccc1)C(=O)OCc1ccccc1. The molecule has 3 aromatic rings. The zero-order valence-corrected chi connectivity index (χ0v) is 20.0. The van der Waals surface area contributed by atoms with Gasteiger partial charge in [0.1, 0.15) is 25.3 Å². The van der Waals surface area contributed by atoms with Crippen molar-refractivity contribution in [1.82, 2.24) is 10.6 Å². The average Bonchev–Trinajstić information content (AvgIpc) is 2.90. The van der Waals surface area contributed by atoms with Gasteiger partial charge < -0.3 is 25.2 Å². The van der Waals surface area contributed by atoms with Crippen molar-refractivity contribution in [2.24, 2.45) is 0 Å². The predicted molar refractivity (Wildman–Crippen MR) is 134 cm³/mol. The minimum absolute atomic E-state index is 0.00324. The number of benzene rings is 3. The number of aliphatic hydroxyl groups is 1. The number of carbonyl (C=O) groups excluding carboxylic acids is 3. The van der Waals surface area contributed by atoms with Gasteiger partial charge in [0.05, 0.1) is 6.10 Å². The summed E-state index contributed by atoms with van der Waals surface area (Å²) in [6.07, 6.45) is -1.94. The number of aliphatic hydroxyl groups excluding tert-OH is 1. The number of carbonyl (C=O) groups is 3. The van der Waals surface area contributed by atoms with Gasteiger partial charge >= 0.3 is 12.1 Å². The minimum Gasteiger partial charge on any atom is -0.459 e. The second kappa shape index (κ2) is 13.7. The van der Waals surface area contributed by atoms with E-state index in [9.17, 15) is 19.5 Å². The lowest BCUT2D eigenvalue weighted by atomic mass is 10.0. The fourth-order valence-corrected chi connectivity index (χ4v) is 3.43. The van der Waals surface area contributed by atoms with E-state index in [0.29, 0.717) is 0 Å². The van der Waals surface area contributed by atoms with Crippen molar-refractivity contribution in [2.75, 3.05) is 0 Å². The van der Waals surface area contributed by atoms with Crippen LogP contribution in [0.25, 0.3) is 0 Å². The third-order valence-corrected chi connectivity index (χ3v) is 5.36. The van der Waals surface area contributed by atoms with Crippen LogP contribution < -0.4 is 10.6 Å². The third-order valence-electron chi connectivity index (χ3n) is 5.36. The fraction of sp³-hybridized carbons (Fsp3) is 0.250. The Morgan fingerprint density at radius 2 is 1.19 bits per heavy atom. The Morgan fingerprint density at radius 3 is 1.69 bits per heavy atom. The molecule has 0 fully saturated rings. The van der Waals surface area contributed by atoms with Crippen LogP contribution in [-0.4, -0.2) is 41.3 Å². The minimum atomic E-state index is -1.34. The first-order valence-corrected chi connectivity index (χ1v) is 11.6. The Morgan fingerprint density at radius 1 is 0.722 bits per heavy atom. The topological polar surface area (TPSA) is 114 Å². The lowest BCUT2D eigenvalue weighted by Crippen LogP contribution is -2.56. The second-order valence-corrected chi connectivity index (χ2v) is 8.27. The summed E-state index contributed by atoms with van der Waals surface area (Å²) < 4.78 is 10.6. The largest absolute Gasteiger partial charge is 0.459 e. The molecular formula is C28H30N2O6. The van der Waals surface area contributed by atoms with Gasteiger partial charge in [0.25, 0.3) is 0 Å². The molecule has 0 heterocycles. The van der Waals surface area contributed by atoms with Crippen molar-refractivity contribution in [2.45, 2.75) is 44.7 Å². The quantitative estimate of drug-likeness (QED) is 0.356. The first kappa shape index (κ1) is 26.4. The first-order valence-electron chi connectivity index (χ1n) is 11.6. The van der Waals surface area contributed by atoms with Crippen molar-refractivity contribution in [3.05, 3.63) is 108 Å². The molecule has 0 bridgehead atoms. The highest BCUT2D eigenvalue weighted by Gasteiger charge is 2.31. The van der Waals surface area contributed by atoms with E-state index in [4.69, 9.17) is 9.47 Å². The number of hydrogen-bond donors (Lipinski definition) is 3. The maximum absolute atomic E-state index is 13.0. The molecule has 3 aromatic carbocycles. The summed E-state index contributed by atoms with van der Waals surface area (Å²) in [5, 5.41) is 15.2. The van der Waals surface area contributed by atoms with Crippen LogP contribution in [0.1, 0.15) is 23.6 Å². The van der Waals surface area contributed by atoms with Gasteiger partial charge in [-0.25, -0.2) is 9.59 Å². The molecule has 188 valence electrons. The maximum atomic E-state index is 13.0. The Bertz CT molecular complexity index is 1110. The molecule has 3 atom stereocenters. The van der Waals surface area contributed by atoms with Crippen LogP contribution in [0.4, 0.5) is 4.79 Å². The van der Waals surface area contributed by atoms with Gasteiger partial charge in [0, 0.05) is 6.42 Å². The number of esters is 1. The van der Waals surface area contributed by atoms with Crippen molar-refractivity contribution >= 4 is 18.0 Å². The maximum Gasteiger partial charge on any atom is 0.408 e. The summed E-state index contributed by atoms with van der Waals surface area (Å²) in [7, 11) is 0. The summed E-state index contributed by atoms with van der Waals surface area (Å²) in [4.78, 5) is 38.2. The molecule has 0 unspecified atom stereocenters. The summed E-state index contributed by atoms with van der Waals surface area (Å²) in [5.41, 5.74) is 2.39. The number of rotatable bonds is 11. The van der Waals surface area contributed by atoms with E-state index >= 15 is 0 Å². The molecule has 0 aromatic heterocycles. The van der Waals surface area contributed by atoms with E-state index in [2.05, 4.69) is 10.6 Å². The first-order chi connectivity index (χ1) is 17.4. The fourth-order valence-electron chi connectivity index (χ4n) is 3.43. The van der Waals surface area contributed by atoms with Crippen LogP contribution in [0.5, 0.6) is 0 Å². The highest BCUT2D eigenvalue weighted by atomic mass is 16.5. The molecule has 0 radical (unpaired) electrons. The standard InChI is InChI=1S/C28H30N2O6/c1-20(31)25(30-28(34)36-19-23-15-9-4-10-16-23)26(32)29-24(17-21-11-5-2-6-12-21)27(33)35-18-22-13-7-3-8-14-22/h2-16,20,24-25,31H,17-19H2,1H3,(H,29,32)(H,30,34)/t20-,24+,25+/m0/s1. The number of hydrogen-bond acceptors (Lipinski definition) is 6. The van der Waals surface area contributed by atoms with Crippen LogP contribution in [-0.2, 0) is 38.7 Å². The highest BCUT2D eigenvalue weighted by Crippen LogP contribution is 2.09. The number of amides is 2. The van der Waals surface area contributed by atoms with Crippen molar-refractivity contribution in [3.8, 4) is 0 Å². The molecule has 3 N–H and O–H groups in total. The lowest BCUT2D eigenvalue weighted by molar-refractivity contribution is -0.149. The molecule has 0 saturated carbocycles. The van der Waals surface area contributed by atoms with E-state index in [-0.39, 0.29) is 19.6 Å². The molecule has 0 aliphatic heterocycles. The zero-order valence-electron chi connectivity index (χ0n) is 20.0. The van der Waals surface area contributed by atoms with Crippen LogP contribution in [0.15, 0.2) is 91.0 Å². The lowest BCUT2D eigenvalue weighted by Gasteiger charge is -2.24. The monoisotopic (exact) mass is 490 g/mol. The van der Waals surface area contributed by atoms with E-state index < -0.39 is 36.2 Å². The molecule has 0 spiro atoms. The van der Waals surface area contributed by atoms with Crippen LogP contribution in [0.3, 0.4) is 0 Å². The van der Waals surface area contributed by atoms with Gasteiger partial charge in [0.2, 0.25) is 5.91 Å². The van der Waals surface area contributed by atoms with E-state index in [1.54, 1.807) is 12.1 Å². The van der Waals surface area contributed by atoms with Crippen LogP contribution in [0, 0.1) is 0 Å². The normalized spacial score (nSPS) is 13.1. The van der Waals surface area contributed by atoms with Gasteiger partial charge in [-0.3, -0.25) is 4.79 Å². The van der Waals surface area contributed by atoms with Gasteiger partial charge in [0.15, 0.2) is 0 Å². The van der Waals surface area contributed by atoms with Gasteiger partial charge in [-0.1, -0.05) is 91.0 Å². The molecule has 0 aliphatic rings. The summed E-state index contributed by atoms with van der Waals surface area (Å²) >= 11 is 0. The number of nitrogens with one attached hydrogen (secondary N) is 2.